The highest BCUT2D eigenvalue weighted by Crippen LogP contribution is 2.27. The minimum absolute atomic E-state index is 0.0379. The minimum atomic E-state index is -4.00. The molecule has 0 unspecified atom stereocenters. The second-order valence-corrected chi connectivity index (χ2v) is 10.3. The highest BCUT2D eigenvalue weighted by Gasteiger charge is 2.21. The smallest absolute Gasteiger partial charge is 0.256 e. The van der Waals surface area contributed by atoms with Crippen molar-refractivity contribution >= 4 is 32.6 Å². The predicted octanol–water partition coefficient (Wildman–Crippen LogP) is 4.48. The molecule has 0 aliphatic rings. The number of aromatic nitrogens is 3. The monoisotopic (exact) mass is 452 g/mol. The molecule has 0 aliphatic heterocycles. The standard InChI is InChI=1S/C23H21FN4O3S/c1-23(2,3)15-9-7-14(8-10-15)22(29)26-21-19-12-18(13-25-20(19)27-28-21)32(30,31)17-6-4-5-16(24)11-17/h4-13H,1-3H3,(H2,25,26,27,28,29). The number of anilines is 1. The van der Waals surface area contributed by atoms with Crippen LogP contribution in [-0.2, 0) is 15.3 Å². The van der Waals surface area contributed by atoms with Crippen molar-refractivity contribution in [3.05, 3.63) is 77.7 Å². The van der Waals surface area contributed by atoms with Crippen molar-refractivity contribution in [3.8, 4) is 0 Å². The maximum absolute atomic E-state index is 13.5. The third kappa shape index (κ3) is 4.11. The van der Waals surface area contributed by atoms with Gasteiger partial charge in [-0.1, -0.05) is 39.0 Å². The van der Waals surface area contributed by atoms with E-state index in [1.807, 2.05) is 12.1 Å². The van der Waals surface area contributed by atoms with Gasteiger partial charge in [0.05, 0.1) is 15.2 Å². The Morgan fingerprint density at radius 1 is 1.03 bits per heavy atom. The number of carbonyl (C=O) groups excluding carboxylic acids is 1. The van der Waals surface area contributed by atoms with Gasteiger partial charge in [-0.2, -0.15) is 5.10 Å². The predicted molar refractivity (Wildman–Crippen MR) is 119 cm³/mol. The average Bonchev–Trinajstić information content (AvgIpc) is 3.15. The number of hydrogen-bond acceptors (Lipinski definition) is 5. The Morgan fingerprint density at radius 3 is 2.41 bits per heavy atom. The van der Waals surface area contributed by atoms with Crippen LogP contribution in [0.1, 0.15) is 36.7 Å². The van der Waals surface area contributed by atoms with Crippen molar-refractivity contribution in [3.63, 3.8) is 0 Å². The Morgan fingerprint density at radius 2 is 1.75 bits per heavy atom. The molecule has 0 radical (unpaired) electrons. The molecule has 0 spiro atoms. The van der Waals surface area contributed by atoms with Gasteiger partial charge >= 0.3 is 0 Å². The fraction of sp³-hybridized carbons (Fsp3) is 0.174. The van der Waals surface area contributed by atoms with E-state index >= 15 is 0 Å². The van der Waals surface area contributed by atoms with Crippen LogP contribution in [-0.4, -0.2) is 29.5 Å². The molecule has 9 heteroatoms. The molecule has 2 aromatic heterocycles. The summed E-state index contributed by atoms with van der Waals surface area (Å²) in [6.45, 7) is 6.25. The molecule has 0 aliphatic carbocycles. The summed E-state index contributed by atoms with van der Waals surface area (Å²) < 4.78 is 39.3. The Bertz CT molecular complexity index is 1420. The molecular weight excluding hydrogens is 431 g/mol. The lowest BCUT2D eigenvalue weighted by molar-refractivity contribution is 0.102. The van der Waals surface area contributed by atoms with Gasteiger partial charge in [0, 0.05) is 11.8 Å². The molecule has 32 heavy (non-hydrogen) atoms. The van der Waals surface area contributed by atoms with Gasteiger partial charge in [0.25, 0.3) is 5.91 Å². The number of benzene rings is 2. The van der Waals surface area contributed by atoms with Crippen LogP contribution >= 0.6 is 0 Å². The number of halogens is 1. The van der Waals surface area contributed by atoms with E-state index < -0.39 is 15.7 Å². The number of nitrogens with zero attached hydrogens (tertiary/aromatic N) is 2. The molecule has 0 fully saturated rings. The van der Waals surface area contributed by atoms with Crippen molar-refractivity contribution < 1.29 is 17.6 Å². The van der Waals surface area contributed by atoms with Crippen LogP contribution in [0.5, 0.6) is 0 Å². The Kier molecular flexibility index (Phi) is 5.29. The SMILES string of the molecule is CC(C)(C)c1ccc(C(=O)Nc2[nH]nc3ncc(S(=O)(=O)c4cccc(F)c4)cc23)cc1. The first-order chi connectivity index (χ1) is 15.1. The zero-order valence-corrected chi connectivity index (χ0v) is 18.5. The molecule has 164 valence electrons. The molecule has 0 saturated carbocycles. The van der Waals surface area contributed by atoms with E-state index in [0.29, 0.717) is 10.9 Å². The van der Waals surface area contributed by atoms with Gasteiger partial charge in [-0.05, 0) is 47.4 Å². The summed E-state index contributed by atoms with van der Waals surface area (Å²) in [5, 5.41) is 9.73. The number of H-pyrrole nitrogens is 1. The fourth-order valence-corrected chi connectivity index (χ4v) is 4.46. The quantitative estimate of drug-likeness (QED) is 0.475. The van der Waals surface area contributed by atoms with E-state index in [4.69, 9.17) is 0 Å². The summed E-state index contributed by atoms with van der Waals surface area (Å²) in [6.07, 6.45) is 1.15. The van der Waals surface area contributed by atoms with E-state index in [1.165, 1.54) is 18.2 Å². The molecule has 0 atom stereocenters. The zero-order valence-electron chi connectivity index (χ0n) is 17.7. The Labute approximate surface area is 184 Å². The number of fused-ring (bicyclic) bond motifs is 1. The number of carbonyl (C=O) groups is 1. The van der Waals surface area contributed by atoms with Gasteiger partial charge in [-0.3, -0.25) is 9.89 Å². The van der Waals surface area contributed by atoms with Crippen molar-refractivity contribution in [2.45, 2.75) is 36.0 Å². The molecule has 4 aromatic rings. The molecule has 4 rings (SSSR count). The molecule has 7 nitrogen and oxygen atoms in total. The van der Waals surface area contributed by atoms with E-state index in [1.54, 1.807) is 12.1 Å². The van der Waals surface area contributed by atoms with E-state index in [9.17, 15) is 17.6 Å². The highest BCUT2D eigenvalue weighted by atomic mass is 32.2. The number of rotatable bonds is 4. The normalized spacial score (nSPS) is 12.1. The molecule has 2 heterocycles. The van der Waals surface area contributed by atoms with Crippen LogP contribution in [0.2, 0.25) is 0 Å². The maximum atomic E-state index is 13.5. The van der Waals surface area contributed by atoms with E-state index in [0.717, 1.165) is 23.9 Å². The van der Waals surface area contributed by atoms with Gasteiger partial charge < -0.3 is 5.32 Å². The van der Waals surface area contributed by atoms with E-state index in [2.05, 4.69) is 41.3 Å². The first kappa shape index (κ1) is 21.6. The van der Waals surface area contributed by atoms with E-state index in [-0.39, 0.29) is 32.6 Å². The van der Waals surface area contributed by atoms with Gasteiger partial charge in [0.2, 0.25) is 9.84 Å². The second-order valence-electron chi connectivity index (χ2n) is 8.38. The lowest BCUT2D eigenvalue weighted by Crippen LogP contribution is -2.14. The zero-order chi connectivity index (χ0) is 23.1. The minimum Gasteiger partial charge on any atom is -0.306 e. The lowest BCUT2D eigenvalue weighted by atomic mass is 9.87. The van der Waals surface area contributed by atoms with Gasteiger partial charge in [0.15, 0.2) is 5.65 Å². The van der Waals surface area contributed by atoms with Gasteiger partial charge in [-0.25, -0.2) is 17.8 Å². The number of sulfone groups is 1. The van der Waals surface area contributed by atoms with Crippen molar-refractivity contribution in [2.75, 3.05) is 5.32 Å². The van der Waals surface area contributed by atoms with Crippen LogP contribution in [0.4, 0.5) is 10.2 Å². The van der Waals surface area contributed by atoms with Crippen LogP contribution in [0.25, 0.3) is 11.0 Å². The first-order valence-electron chi connectivity index (χ1n) is 9.82. The number of nitrogens with one attached hydrogen (secondary N) is 2. The van der Waals surface area contributed by atoms with Crippen LogP contribution in [0.15, 0.2) is 70.6 Å². The third-order valence-electron chi connectivity index (χ3n) is 5.05. The Balaban J connectivity index is 1.65. The molecule has 1 amide bonds. The molecular formula is C23H21FN4O3S. The molecule has 0 saturated heterocycles. The summed E-state index contributed by atoms with van der Waals surface area (Å²) in [4.78, 5) is 16.5. The second kappa shape index (κ2) is 7.83. The summed E-state index contributed by atoms with van der Waals surface area (Å²) in [6, 6.07) is 13.3. The van der Waals surface area contributed by atoms with Crippen molar-refractivity contribution in [2.24, 2.45) is 0 Å². The summed E-state index contributed by atoms with van der Waals surface area (Å²) >= 11 is 0. The van der Waals surface area contributed by atoms with Gasteiger partial charge in [-0.15, -0.1) is 0 Å². The average molecular weight is 453 g/mol. The topological polar surface area (TPSA) is 105 Å². The summed E-state index contributed by atoms with van der Waals surface area (Å²) in [7, 11) is -4.00. The van der Waals surface area contributed by atoms with Crippen LogP contribution < -0.4 is 5.32 Å². The number of hydrogen-bond donors (Lipinski definition) is 2. The Hall–Kier alpha value is -3.59. The number of aromatic amines is 1. The number of pyridine rings is 1. The molecule has 2 N–H and O–H groups in total. The van der Waals surface area contributed by atoms with Gasteiger partial charge in [0.1, 0.15) is 11.6 Å². The summed E-state index contributed by atoms with van der Waals surface area (Å²) in [5.41, 5.74) is 1.74. The fourth-order valence-electron chi connectivity index (χ4n) is 3.20. The van der Waals surface area contributed by atoms with Crippen molar-refractivity contribution in [1.82, 2.24) is 15.2 Å². The number of amides is 1. The molecule has 2 aromatic carbocycles. The maximum Gasteiger partial charge on any atom is 0.256 e. The largest absolute Gasteiger partial charge is 0.306 e. The lowest BCUT2D eigenvalue weighted by Gasteiger charge is -2.19. The summed E-state index contributed by atoms with van der Waals surface area (Å²) in [5.74, 6) is -0.822. The highest BCUT2D eigenvalue weighted by molar-refractivity contribution is 7.91. The van der Waals surface area contributed by atoms with Crippen LogP contribution in [0, 0.1) is 5.82 Å². The molecule has 0 bridgehead atoms. The van der Waals surface area contributed by atoms with Crippen LogP contribution in [0.3, 0.4) is 0 Å². The third-order valence-corrected chi connectivity index (χ3v) is 6.77. The first-order valence-corrected chi connectivity index (χ1v) is 11.3. The van der Waals surface area contributed by atoms with Crippen molar-refractivity contribution in [1.29, 1.82) is 0 Å².